The normalized spacial score (nSPS) is 32.3. The summed E-state index contributed by atoms with van der Waals surface area (Å²) in [4.78, 5) is 13.3. The molecule has 1 heterocycles. The van der Waals surface area contributed by atoms with Crippen molar-refractivity contribution >= 4 is 5.91 Å². The number of amides is 1. The fraction of sp³-hybridized carbons (Fsp3) is 0.909. The van der Waals surface area contributed by atoms with E-state index in [4.69, 9.17) is 5.73 Å². The number of primary amides is 1. The Morgan fingerprint density at radius 1 is 1.47 bits per heavy atom. The molecule has 1 aliphatic rings. The SMILES string of the molecule is CC(O)C(C)N1CC(C(N)=O)CCC1C. The minimum Gasteiger partial charge on any atom is -0.392 e. The number of nitrogens with zero attached hydrogens (tertiary/aromatic N) is 1. The third kappa shape index (κ3) is 2.92. The van der Waals surface area contributed by atoms with Gasteiger partial charge in [0.25, 0.3) is 0 Å². The second-order valence-electron chi connectivity index (χ2n) is 4.70. The van der Waals surface area contributed by atoms with E-state index < -0.39 is 0 Å². The molecule has 4 atom stereocenters. The maximum atomic E-state index is 11.1. The van der Waals surface area contributed by atoms with Crippen molar-refractivity contribution in [1.82, 2.24) is 4.90 Å². The van der Waals surface area contributed by atoms with E-state index in [0.717, 1.165) is 12.8 Å². The van der Waals surface area contributed by atoms with Crippen LogP contribution in [0.5, 0.6) is 0 Å². The molecule has 88 valence electrons. The van der Waals surface area contributed by atoms with E-state index in [9.17, 15) is 9.90 Å². The highest BCUT2D eigenvalue weighted by atomic mass is 16.3. The van der Waals surface area contributed by atoms with Gasteiger partial charge in [-0.3, -0.25) is 9.69 Å². The number of carbonyl (C=O) groups is 1. The van der Waals surface area contributed by atoms with Crippen LogP contribution in [0.1, 0.15) is 33.6 Å². The van der Waals surface area contributed by atoms with Gasteiger partial charge in [0.05, 0.1) is 12.0 Å². The number of rotatable bonds is 3. The number of hydrogen-bond donors (Lipinski definition) is 2. The zero-order valence-corrected chi connectivity index (χ0v) is 9.81. The molecule has 0 bridgehead atoms. The lowest BCUT2D eigenvalue weighted by Crippen LogP contribution is -2.52. The molecule has 15 heavy (non-hydrogen) atoms. The van der Waals surface area contributed by atoms with E-state index in [-0.39, 0.29) is 24.0 Å². The number of aliphatic hydroxyl groups is 1. The predicted octanol–water partition coefficient (Wildman–Crippen LogP) is 0.341. The zero-order chi connectivity index (χ0) is 11.6. The standard InChI is InChI=1S/C11H22N2O2/c1-7-4-5-10(11(12)15)6-13(7)8(2)9(3)14/h7-10,14H,4-6H2,1-3H3,(H2,12,15). The van der Waals surface area contributed by atoms with Crippen LogP contribution in [0, 0.1) is 5.92 Å². The Morgan fingerprint density at radius 3 is 2.53 bits per heavy atom. The Labute approximate surface area is 91.4 Å². The number of nitrogens with two attached hydrogens (primary N) is 1. The highest BCUT2D eigenvalue weighted by Gasteiger charge is 2.32. The van der Waals surface area contributed by atoms with E-state index in [2.05, 4.69) is 11.8 Å². The fourth-order valence-corrected chi connectivity index (χ4v) is 2.21. The van der Waals surface area contributed by atoms with Gasteiger partial charge in [0.1, 0.15) is 0 Å². The molecule has 1 aliphatic heterocycles. The molecule has 4 unspecified atom stereocenters. The molecule has 1 fully saturated rings. The lowest BCUT2D eigenvalue weighted by atomic mass is 9.91. The largest absolute Gasteiger partial charge is 0.392 e. The van der Waals surface area contributed by atoms with Gasteiger partial charge in [0.15, 0.2) is 0 Å². The van der Waals surface area contributed by atoms with Crippen LogP contribution in [0.15, 0.2) is 0 Å². The van der Waals surface area contributed by atoms with Crippen LogP contribution < -0.4 is 5.73 Å². The number of carbonyl (C=O) groups excluding carboxylic acids is 1. The van der Waals surface area contributed by atoms with Gasteiger partial charge in [0.2, 0.25) is 5.91 Å². The molecule has 0 aromatic rings. The average molecular weight is 214 g/mol. The first-order chi connectivity index (χ1) is 6.93. The molecule has 0 aliphatic carbocycles. The molecule has 1 rings (SSSR count). The lowest BCUT2D eigenvalue weighted by Gasteiger charge is -2.41. The van der Waals surface area contributed by atoms with Crippen LogP contribution in [0.25, 0.3) is 0 Å². The Morgan fingerprint density at radius 2 is 2.07 bits per heavy atom. The summed E-state index contributed by atoms with van der Waals surface area (Å²) in [6.07, 6.45) is 1.48. The molecular weight excluding hydrogens is 192 g/mol. The quantitative estimate of drug-likeness (QED) is 0.712. The summed E-state index contributed by atoms with van der Waals surface area (Å²) in [6.45, 7) is 6.59. The third-order valence-electron chi connectivity index (χ3n) is 3.55. The first kappa shape index (κ1) is 12.5. The first-order valence-corrected chi connectivity index (χ1v) is 5.66. The topological polar surface area (TPSA) is 66.6 Å². The second-order valence-corrected chi connectivity index (χ2v) is 4.70. The fourth-order valence-electron chi connectivity index (χ4n) is 2.21. The lowest BCUT2D eigenvalue weighted by molar-refractivity contribution is -0.124. The molecule has 0 spiro atoms. The van der Waals surface area contributed by atoms with Crippen molar-refractivity contribution in [2.45, 2.75) is 51.8 Å². The molecule has 4 heteroatoms. The first-order valence-electron chi connectivity index (χ1n) is 5.66. The van der Waals surface area contributed by atoms with Gasteiger partial charge in [-0.2, -0.15) is 0 Å². The van der Waals surface area contributed by atoms with Crippen molar-refractivity contribution in [3.63, 3.8) is 0 Å². The Kier molecular flexibility index (Phi) is 4.11. The molecule has 1 saturated heterocycles. The van der Waals surface area contributed by atoms with E-state index in [1.165, 1.54) is 0 Å². The van der Waals surface area contributed by atoms with E-state index >= 15 is 0 Å². The van der Waals surface area contributed by atoms with Crippen LogP contribution in [-0.4, -0.2) is 40.6 Å². The number of piperidine rings is 1. The molecule has 0 aromatic heterocycles. The molecule has 4 nitrogen and oxygen atoms in total. The van der Waals surface area contributed by atoms with Crippen LogP contribution in [-0.2, 0) is 4.79 Å². The molecule has 0 saturated carbocycles. The molecule has 3 N–H and O–H groups in total. The maximum absolute atomic E-state index is 11.1. The van der Waals surface area contributed by atoms with Crippen LogP contribution >= 0.6 is 0 Å². The predicted molar refractivity (Wildman–Crippen MR) is 59.2 cm³/mol. The van der Waals surface area contributed by atoms with Crippen molar-refractivity contribution < 1.29 is 9.90 Å². The van der Waals surface area contributed by atoms with Crippen LogP contribution in [0.2, 0.25) is 0 Å². The van der Waals surface area contributed by atoms with Crippen LogP contribution in [0.3, 0.4) is 0 Å². The number of aliphatic hydroxyl groups excluding tert-OH is 1. The number of hydrogen-bond acceptors (Lipinski definition) is 3. The van der Waals surface area contributed by atoms with Crippen LogP contribution in [0.4, 0.5) is 0 Å². The summed E-state index contributed by atoms with van der Waals surface area (Å²) in [5, 5.41) is 9.56. The number of likely N-dealkylation sites (tertiary alicyclic amines) is 1. The van der Waals surface area contributed by atoms with Crippen molar-refractivity contribution in [3.05, 3.63) is 0 Å². The van der Waals surface area contributed by atoms with Crippen molar-refractivity contribution in [1.29, 1.82) is 0 Å². The van der Waals surface area contributed by atoms with E-state index in [1.807, 2.05) is 6.92 Å². The van der Waals surface area contributed by atoms with Gasteiger partial charge in [-0.05, 0) is 33.6 Å². The molecule has 1 amide bonds. The molecular formula is C11H22N2O2. The minimum absolute atomic E-state index is 0.0533. The van der Waals surface area contributed by atoms with Gasteiger partial charge in [-0.25, -0.2) is 0 Å². The van der Waals surface area contributed by atoms with Gasteiger partial charge < -0.3 is 10.8 Å². The Bertz CT molecular complexity index is 231. The van der Waals surface area contributed by atoms with Crippen molar-refractivity contribution in [2.24, 2.45) is 11.7 Å². The monoisotopic (exact) mass is 214 g/mol. The van der Waals surface area contributed by atoms with Gasteiger partial charge in [-0.1, -0.05) is 0 Å². The summed E-state index contributed by atoms with van der Waals surface area (Å²) in [5.74, 6) is -0.271. The zero-order valence-electron chi connectivity index (χ0n) is 9.81. The highest BCUT2D eigenvalue weighted by Crippen LogP contribution is 2.24. The summed E-state index contributed by atoms with van der Waals surface area (Å²) in [7, 11) is 0. The molecule has 0 radical (unpaired) electrons. The summed E-state index contributed by atoms with van der Waals surface area (Å²) in [5.41, 5.74) is 5.32. The van der Waals surface area contributed by atoms with Gasteiger partial charge >= 0.3 is 0 Å². The maximum Gasteiger partial charge on any atom is 0.221 e. The smallest absolute Gasteiger partial charge is 0.221 e. The molecule has 0 aromatic carbocycles. The van der Waals surface area contributed by atoms with E-state index in [0.29, 0.717) is 12.6 Å². The second kappa shape index (κ2) is 4.94. The van der Waals surface area contributed by atoms with E-state index in [1.54, 1.807) is 6.92 Å². The average Bonchev–Trinajstić information content (AvgIpc) is 2.16. The van der Waals surface area contributed by atoms with Crippen molar-refractivity contribution in [2.75, 3.05) is 6.54 Å². The third-order valence-corrected chi connectivity index (χ3v) is 3.55. The van der Waals surface area contributed by atoms with Gasteiger partial charge in [0, 0.05) is 18.6 Å². The van der Waals surface area contributed by atoms with Gasteiger partial charge in [-0.15, -0.1) is 0 Å². The summed E-state index contributed by atoms with van der Waals surface area (Å²) >= 11 is 0. The Hall–Kier alpha value is -0.610. The Balaban J connectivity index is 2.65. The summed E-state index contributed by atoms with van der Waals surface area (Å²) < 4.78 is 0. The summed E-state index contributed by atoms with van der Waals surface area (Å²) in [6, 6.07) is 0.507. The minimum atomic E-state index is -0.376. The highest BCUT2D eigenvalue weighted by molar-refractivity contribution is 5.77. The van der Waals surface area contributed by atoms with Crippen molar-refractivity contribution in [3.8, 4) is 0 Å².